The molecule has 0 saturated carbocycles. The molecule has 1 aliphatic heterocycles. The Morgan fingerprint density at radius 1 is 1.00 bits per heavy atom. The third kappa shape index (κ3) is 6.80. The summed E-state index contributed by atoms with van der Waals surface area (Å²) >= 11 is 15.3. The Balaban J connectivity index is 1.32. The number of ether oxygens (including phenoxy) is 1. The number of carbonyl (C=O) groups is 2. The molecule has 192 valence electrons. The molecule has 1 fully saturated rings. The van der Waals surface area contributed by atoms with Gasteiger partial charge >= 0.3 is 0 Å². The standard InChI is InChI=1S/C27H26BrClN4O3S/c1-2-36-24-11-8-19(16-21(24)28)25(34)31-27(37)30-20-9-10-23(22(29)17-20)32-12-14-33(15-13-32)26(35)18-6-4-3-5-7-18/h3-11,16-17H,2,12-15H2,1H3,(H2,30,31,34,37). The van der Waals surface area contributed by atoms with Crippen molar-refractivity contribution >= 4 is 68.1 Å². The molecule has 0 bridgehead atoms. The quantitative estimate of drug-likeness (QED) is 0.359. The second-order valence-electron chi connectivity index (χ2n) is 8.30. The van der Waals surface area contributed by atoms with Gasteiger partial charge in [-0.25, -0.2) is 0 Å². The van der Waals surface area contributed by atoms with E-state index in [0.29, 0.717) is 64.8 Å². The van der Waals surface area contributed by atoms with Gasteiger partial charge in [-0.1, -0.05) is 29.8 Å². The Morgan fingerprint density at radius 3 is 2.38 bits per heavy atom. The molecule has 1 saturated heterocycles. The summed E-state index contributed by atoms with van der Waals surface area (Å²) in [7, 11) is 0. The molecule has 0 aromatic heterocycles. The van der Waals surface area contributed by atoms with Crippen molar-refractivity contribution in [3.05, 3.63) is 87.4 Å². The molecule has 1 aliphatic rings. The first-order valence-electron chi connectivity index (χ1n) is 11.8. The zero-order chi connectivity index (χ0) is 26.4. The number of carbonyl (C=O) groups excluding carboxylic acids is 2. The monoisotopic (exact) mass is 600 g/mol. The molecule has 0 spiro atoms. The summed E-state index contributed by atoms with van der Waals surface area (Å²) in [5.41, 5.74) is 2.68. The van der Waals surface area contributed by atoms with E-state index in [4.69, 9.17) is 28.6 Å². The SMILES string of the molecule is CCOc1ccc(C(=O)NC(=S)Nc2ccc(N3CCN(C(=O)c4ccccc4)CC3)c(Cl)c2)cc1Br. The molecule has 7 nitrogen and oxygen atoms in total. The minimum Gasteiger partial charge on any atom is -0.493 e. The molecule has 0 radical (unpaired) electrons. The highest BCUT2D eigenvalue weighted by Crippen LogP contribution is 2.30. The van der Waals surface area contributed by atoms with Gasteiger partial charge in [0.25, 0.3) is 11.8 Å². The Morgan fingerprint density at radius 2 is 1.73 bits per heavy atom. The van der Waals surface area contributed by atoms with Crippen LogP contribution in [0.5, 0.6) is 5.75 Å². The van der Waals surface area contributed by atoms with E-state index in [1.54, 1.807) is 24.3 Å². The van der Waals surface area contributed by atoms with Gasteiger partial charge in [0.2, 0.25) is 0 Å². The summed E-state index contributed by atoms with van der Waals surface area (Å²) in [4.78, 5) is 29.3. The van der Waals surface area contributed by atoms with Crippen LogP contribution in [0.15, 0.2) is 71.2 Å². The highest BCUT2D eigenvalue weighted by Gasteiger charge is 2.23. The van der Waals surface area contributed by atoms with E-state index in [-0.39, 0.29) is 16.9 Å². The summed E-state index contributed by atoms with van der Waals surface area (Å²) in [6.07, 6.45) is 0. The van der Waals surface area contributed by atoms with E-state index in [0.717, 1.165) is 5.69 Å². The van der Waals surface area contributed by atoms with E-state index < -0.39 is 0 Å². The van der Waals surface area contributed by atoms with Gasteiger partial charge in [0.1, 0.15) is 5.75 Å². The average molecular weight is 602 g/mol. The Hall–Kier alpha value is -3.14. The normalized spacial score (nSPS) is 13.2. The Labute approximate surface area is 234 Å². The molecule has 4 rings (SSSR count). The van der Waals surface area contributed by atoms with Crippen LogP contribution >= 0.6 is 39.7 Å². The highest BCUT2D eigenvalue weighted by atomic mass is 79.9. The molecular formula is C27H26BrClN4O3S. The molecule has 2 amide bonds. The van der Waals surface area contributed by atoms with Gasteiger partial charge in [0.15, 0.2) is 5.11 Å². The number of halogens is 2. The lowest BCUT2D eigenvalue weighted by Crippen LogP contribution is -2.48. The maximum atomic E-state index is 12.7. The van der Waals surface area contributed by atoms with Gasteiger partial charge in [-0.05, 0) is 83.6 Å². The van der Waals surface area contributed by atoms with Crippen LogP contribution in [0, 0.1) is 0 Å². The number of nitrogens with one attached hydrogen (secondary N) is 2. The van der Waals surface area contributed by atoms with Crippen LogP contribution in [0.2, 0.25) is 5.02 Å². The van der Waals surface area contributed by atoms with Gasteiger partial charge in [-0.3, -0.25) is 14.9 Å². The number of hydrogen-bond donors (Lipinski definition) is 2. The van der Waals surface area contributed by atoms with E-state index in [2.05, 4.69) is 31.5 Å². The topological polar surface area (TPSA) is 73.9 Å². The summed E-state index contributed by atoms with van der Waals surface area (Å²) in [5.74, 6) is 0.365. The van der Waals surface area contributed by atoms with Crippen molar-refractivity contribution in [3.8, 4) is 5.75 Å². The fourth-order valence-corrected chi connectivity index (χ4v) is 5.01. The molecule has 0 atom stereocenters. The van der Waals surface area contributed by atoms with E-state index in [9.17, 15) is 9.59 Å². The van der Waals surface area contributed by atoms with Crippen LogP contribution in [0.25, 0.3) is 0 Å². The first-order valence-corrected chi connectivity index (χ1v) is 13.4. The Bertz CT molecular complexity index is 1300. The lowest BCUT2D eigenvalue weighted by Gasteiger charge is -2.36. The molecule has 3 aromatic carbocycles. The fourth-order valence-electron chi connectivity index (χ4n) is 4.01. The van der Waals surface area contributed by atoms with Crippen LogP contribution in [0.1, 0.15) is 27.6 Å². The van der Waals surface area contributed by atoms with E-state index in [1.807, 2.05) is 54.3 Å². The van der Waals surface area contributed by atoms with E-state index >= 15 is 0 Å². The van der Waals surface area contributed by atoms with Crippen LogP contribution < -0.4 is 20.3 Å². The van der Waals surface area contributed by atoms with Crippen LogP contribution in [0.3, 0.4) is 0 Å². The minimum absolute atomic E-state index is 0.0408. The third-order valence-electron chi connectivity index (χ3n) is 5.85. The third-order valence-corrected chi connectivity index (χ3v) is 6.98. The first-order chi connectivity index (χ1) is 17.9. The lowest BCUT2D eigenvalue weighted by atomic mass is 10.1. The maximum Gasteiger partial charge on any atom is 0.257 e. The highest BCUT2D eigenvalue weighted by molar-refractivity contribution is 9.10. The van der Waals surface area contributed by atoms with Gasteiger partial charge < -0.3 is 19.9 Å². The van der Waals surface area contributed by atoms with Crippen LogP contribution in [-0.4, -0.2) is 54.6 Å². The Kier molecular flexibility index (Phi) is 9.02. The predicted molar refractivity (Wildman–Crippen MR) is 155 cm³/mol. The average Bonchev–Trinajstić information content (AvgIpc) is 2.90. The predicted octanol–water partition coefficient (Wildman–Crippen LogP) is 5.59. The zero-order valence-corrected chi connectivity index (χ0v) is 23.3. The van der Waals surface area contributed by atoms with Crippen molar-refractivity contribution in [3.63, 3.8) is 0 Å². The number of nitrogens with zero attached hydrogens (tertiary/aromatic N) is 2. The first kappa shape index (κ1) is 26.9. The van der Waals surface area contributed by atoms with Crippen molar-refractivity contribution in [1.82, 2.24) is 10.2 Å². The molecule has 0 aliphatic carbocycles. The summed E-state index contributed by atoms with van der Waals surface area (Å²) in [6.45, 7) is 5.01. The molecule has 0 unspecified atom stereocenters. The molecule has 2 N–H and O–H groups in total. The van der Waals surface area contributed by atoms with Gasteiger partial charge in [-0.15, -0.1) is 0 Å². The van der Waals surface area contributed by atoms with Gasteiger partial charge in [0, 0.05) is 43.0 Å². The fraction of sp³-hybridized carbons (Fsp3) is 0.222. The minimum atomic E-state index is -0.341. The van der Waals surface area contributed by atoms with Gasteiger partial charge in [0.05, 0.1) is 21.8 Å². The number of anilines is 2. The van der Waals surface area contributed by atoms with Crippen molar-refractivity contribution in [2.75, 3.05) is 43.0 Å². The van der Waals surface area contributed by atoms with E-state index in [1.165, 1.54) is 0 Å². The number of benzene rings is 3. The molecule has 3 aromatic rings. The summed E-state index contributed by atoms with van der Waals surface area (Å²) in [5, 5.41) is 6.40. The molecule has 10 heteroatoms. The largest absolute Gasteiger partial charge is 0.493 e. The molecular weight excluding hydrogens is 576 g/mol. The summed E-state index contributed by atoms with van der Waals surface area (Å²) < 4.78 is 6.17. The lowest BCUT2D eigenvalue weighted by molar-refractivity contribution is 0.0746. The summed E-state index contributed by atoms with van der Waals surface area (Å²) in [6, 6.07) is 19.9. The van der Waals surface area contributed by atoms with Crippen molar-refractivity contribution < 1.29 is 14.3 Å². The van der Waals surface area contributed by atoms with Crippen molar-refractivity contribution in [2.45, 2.75) is 6.92 Å². The number of rotatable bonds is 6. The van der Waals surface area contributed by atoms with Crippen molar-refractivity contribution in [1.29, 1.82) is 0 Å². The maximum absolute atomic E-state index is 12.7. The second-order valence-corrected chi connectivity index (χ2v) is 9.97. The number of hydrogen-bond acceptors (Lipinski definition) is 5. The second kappa shape index (κ2) is 12.4. The molecule has 1 heterocycles. The van der Waals surface area contributed by atoms with Crippen LogP contribution in [-0.2, 0) is 0 Å². The van der Waals surface area contributed by atoms with Crippen molar-refractivity contribution in [2.24, 2.45) is 0 Å². The number of amides is 2. The molecule has 37 heavy (non-hydrogen) atoms. The smallest absolute Gasteiger partial charge is 0.257 e. The zero-order valence-electron chi connectivity index (χ0n) is 20.2. The van der Waals surface area contributed by atoms with Gasteiger partial charge in [-0.2, -0.15) is 0 Å². The number of thiocarbonyl (C=S) groups is 1. The van der Waals surface area contributed by atoms with Crippen LogP contribution in [0.4, 0.5) is 11.4 Å². The number of piperazine rings is 1.